The molecule has 6 heteroatoms. The normalized spacial score (nSPS) is 30.2. The Morgan fingerprint density at radius 1 is 1.00 bits per heavy atom. The Morgan fingerprint density at radius 2 is 1.52 bits per heavy atom. The smallest absolute Gasteiger partial charge is 0.327 e. The fraction of sp³-hybridized carbons (Fsp3) is 0.348. The van der Waals surface area contributed by atoms with Gasteiger partial charge >= 0.3 is 5.97 Å². The molecule has 1 N–H and O–H groups in total. The monoisotopic (exact) mass is 453 g/mol. The number of aliphatic carboxylic acids is 1. The van der Waals surface area contributed by atoms with E-state index in [1.165, 1.54) is 0 Å². The number of imide groups is 1. The summed E-state index contributed by atoms with van der Waals surface area (Å²) in [4.78, 5) is 40.2. The molecular weight excluding hydrogens is 434 g/mol. The van der Waals surface area contributed by atoms with E-state index >= 15 is 0 Å². The summed E-state index contributed by atoms with van der Waals surface area (Å²) in [5, 5.41) is 9.77. The molecule has 1 fully saturated rings. The SMILES string of the molecule is CC(C)[C@H](C(=O)O)N1C(=O)[C@H]2C3c4ccccc4C(Br)(c4ccccc43)[C@H]2C1=O. The first-order valence-electron chi connectivity index (χ1n) is 9.77. The minimum atomic E-state index is -1.16. The molecular formula is C23H20BrNO4. The summed E-state index contributed by atoms with van der Waals surface area (Å²) in [6.45, 7) is 3.45. The maximum Gasteiger partial charge on any atom is 0.327 e. The van der Waals surface area contributed by atoms with E-state index in [2.05, 4.69) is 15.9 Å². The van der Waals surface area contributed by atoms with Gasteiger partial charge in [-0.1, -0.05) is 78.3 Å². The molecule has 0 radical (unpaired) electrons. The van der Waals surface area contributed by atoms with Gasteiger partial charge in [-0.3, -0.25) is 14.5 Å². The maximum absolute atomic E-state index is 13.6. The lowest BCUT2D eigenvalue weighted by molar-refractivity contribution is -0.157. The van der Waals surface area contributed by atoms with Gasteiger partial charge in [0.1, 0.15) is 6.04 Å². The van der Waals surface area contributed by atoms with Gasteiger partial charge in [0.05, 0.1) is 16.2 Å². The zero-order valence-corrected chi connectivity index (χ0v) is 17.6. The van der Waals surface area contributed by atoms with Crippen LogP contribution >= 0.6 is 15.9 Å². The summed E-state index contributed by atoms with van der Waals surface area (Å²) in [5.74, 6) is -3.82. The Labute approximate surface area is 176 Å². The Balaban J connectivity index is 1.77. The van der Waals surface area contributed by atoms with Crippen molar-refractivity contribution in [3.63, 3.8) is 0 Å². The van der Waals surface area contributed by atoms with Crippen LogP contribution in [0.25, 0.3) is 0 Å². The Hall–Kier alpha value is -2.47. The van der Waals surface area contributed by atoms with Crippen molar-refractivity contribution in [1.29, 1.82) is 0 Å². The summed E-state index contributed by atoms with van der Waals surface area (Å²) in [6, 6.07) is 14.6. The van der Waals surface area contributed by atoms with Gasteiger partial charge in [0.15, 0.2) is 0 Å². The number of carbonyl (C=O) groups is 3. The van der Waals surface area contributed by atoms with Crippen LogP contribution in [0, 0.1) is 17.8 Å². The van der Waals surface area contributed by atoms with Crippen LogP contribution in [0.1, 0.15) is 42.0 Å². The summed E-state index contributed by atoms with van der Waals surface area (Å²) < 4.78 is -0.846. The predicted molar refractivity (Wildman–Crippen MR) is 110 cm³/mol. The zero-order valence-electron chi connectivity index (χ0n) is 16.0. The molecule has 1 saturated heterocycles. The van der Waals surface area contributed by atoms with Crippen molar-refractivity contribution < 1.29 is 19.5 Å². The average molecular weight is 454 g/mol. The second-order valence-corrected chi connectivity index (χ2v) is 9.69. The fourth-order valence-corrected chi connectivity index (χ4v) is 6.87. The first kappa shape index (κ1) is 18.6. The van der Waals surface area contributed by atoms with Crippen molar-refractivity contribution in [3.05, 3.63) is 70.8 Å². The number of hydrogen-bond acceptors (Lipinski definition) is 3. The highest BCUT2D eigenvalue weighted by atomic mass is 79.9. The summed E-state index contributed by atoms with van der Waals surface area (Å²) in [5.41, 5.74) is 4.04. The number of nitrogens with zero attached hydrogens (tertiary/aromatic N) is 1. The molecule has 148 valence electrons. The molecule has 2 bridgehead atoms. The molecule has 1 heterocycles. The standard InChI is InChI=1S/C23H20BrNO4/c1-11(2)19(22(28)29)25-20(26)17-16-12-7-3-5-9-14(12)23(24,18(17)21(25)27)15-10-6-4-8-13(15)16/h3-11,16-19H,1-2H3,(H,28,29)/t16?,17-,18+,19+,23?/m0/s1. The van der Waals surface area contributed by atoms with Crippen LogP contribution in [0.15, 0.2) is 48.5 Å². The highest BCUT2D eigenvalue weighted by molar-refractivity contribution is 9.09. The number of carbonyl (C=O) groups excluding carboxylic acids is 2. The van der Waals surface area contributed by atoms with Gasteiger partial charge in [0, 0.05) is 5.92 Å². The van der Waals surface area contributed by atoms with Crippen LogP contribution < -0.4 is 0 Å². The minimum absolute atomic E-state index is 0.255. The Morgan fingerprint density at radius 3 is 2.00 bits per heavy atom. The molecule has 4 aliphatic rings. The van der Waals surface area contributed by atoms with E-state index in [9.17, 15) is 19.5 Å². The molecule has 0 unspecified atom stereocenters. The van der Waals surface area contributed by atoms with Crippen LogP contribution in [0.2, 0.25) is 0 Å². The number of rotatable bonds is 3. The molecule has 0 spiro atoms. The van der Waals surface area contributed by atoms with E-state index in [0.717, 1.165) is 27.2 Å². The first-order valence-corrected chi connectivity index (χ1v) is 10.6. The van der Waals surface area contributed by atoms with Gasteiger partial charge in [-0.2, -0.15) is 0 Å². The molecule has 3 atom stereocenters. The molecule has 1 aliphatic heterocycles. The van der Waals surface area contributed by atoms with Crippen LogP contribution in [0.3, 0.4) is 0 Å². The third-order valence-corrected chi connectivity index (χ3v) is 8.06. The lowest BCUT2D eigenvalue weighted by Gasteiger charge is -2.51. The lowest BCUT2D eigenvalue weighted by Crippen LogP contribution is -2.50. The van der Waals surface area contributed by atoms with Crippen molar-refractivity contribution >= 4 is 33.7 Å². The van der Waals surface area contributed by atoms with Crippen molar-refractivity contribution in [1.82, 2.24) is 4.90 Å². The first-order chi connectivity index (χ1) is 13.8. The van der Waals surface area contributed by atoms with Crippen LogP contribution in [-0.2, 0) is 18.7 Å². The topological polar surface area (TPSA) is 74.7 Å². The Kier molecular flexibility index (Phi) is 3.85. The van der Waals surface area contributed by atoms with Gasteiger partial charge in [-0.15, -0.1) is 0 Å². The van der Waals surface area contributed by atoms with Gasteiger partial charge in [0.2, 0.25) is 11.8 Å². The molecule has 2 aromatic rings. The molecule has 29 heavy (non-hydrogen) atoms. The second-order valence-electron chi connectivity index (χ2n) is 8.44. The minimum Gasteiger partial charge on any atom is -0.480 e. The number of carboxylic acids is 1. The number of likely N-dealkylation sites (tertiary alicyclic amines) is 1. The molecule has 0 aromatic heterocycles. The van der Waals surface area contributed by atoms with Crippen LogP contribution in [0.5, 0.6) is 0 Å². The van der Waals surface area contributed by atoms with Crippen molar-refractivity contribution in [2.24, 2.45) is 17.8 Å². The molecule has 3 aliphatic carbocycles. The number of alkyl halides is 1. The molecule has 2 amide bonds. The third-order valence-electron chi connectivity index (χ3n) is 6.71. The van der Waals surface area contributed by atoms with E-state index in [-0.39, 0.29) is 17.7 Å². The lowest BCUT2D eigenvalue weighted by atomic mass is 9.55. The number of benzene rings is 2. The van der Waals surface area contributed by atoms with Gasteiger partial charge in [-0.25, -0.2) is 4.79 Å². The Bertz CT molecular complexity index is 1030. The van der Waals surface area contributed by atoms with Crippen LogP contribution in [0.4, 0.5) is 0 Å². The van der Waals surface area contributed by atoms with Crippen molar-refractivity contribution in [2.75, 3.05) is 0 Å². The van der Waals surface area contributed by atoms with Gasteiger partial charge < -0.3 is 5.11 Å². The maximum atomic E-state index is 13.6. The quantitative estimate of drug-likeness (QED) is 0.569. The van der Waals surface area contributed by atoms with Crippen LogP contribution in [-0.4, -0.2) is 33.8 Å². The molecule has 0 saturated carbocycles. The molecule has 2 aromatic carbocycles. The van der Waals surface area contributed by atoms with Crippen molar-refractivity contribution in [2.45, 2.75) is 30.1 Å². The third kappa shape index (κ3) is 2.13. The summed E-state index contributed by atoms with van der Waals surface area (Å²) in [7, 11) is 0. The van der Waals surface area contributed by atoms with E-state index in [1.54, 1.807) is 13.8 Å². The molecule has 6 rings (SSSR count). The van der Waals surface area contributed by atoms with E-state index in [0.29, 0.717) is 0 Å². The predicted octanol–water partition coefficient (Wildman–Crippen LogP) is 3.49. The number of hydrogen-bond donors (Lipinski definition) is 1. The van der Waals surface area contributed by atoms with Gasteiger partial charge in [-0.05, 0) is 28.2 Å². The van der Waals surface area contributed by atoms with E-state index in [1.807, 2.05) is 48.5 Å². The fourth-order valence-electron chi connectivity index (χ4n) is 5.67. The average Bonchev–Trinajstić information content (AvgIpc) is 2.95. The van der Waals surface area contributed by atoms with Crippen molar-refractivity contribution in [3.8, 4) is 0 Å². The van der Waals surface area contributed by atoms with E-state index < -0.39 is 34.1 Å². The number of amides is 2. The zero-order chi connectivity index (χ0) is 20.7. The highest BCUT2D eigenvalue weighted by Crippen LogP contribution is 2.66. The number of halogens is 1. The molecule has 5 nitrogen and oxygen atoms in total. The summed E-state index contributed by atoms with van der Waals surface area (Å²) in [6.07, 6.45) is 0. The second kappa shape index (κ2) is 6.02. The van der Waals surface area contributed by atoms with Gasteiger partial charge in [0.25, 0.3) is 0 Å². The summed E-state index contributed by atoms with van der Waals surface area (Å²) >= 11 is 3.91. The van der Waals surface area contributed by atoms with E-state index in [4.69, 9.17) is 0 Å². The highest BCUT2D eigenvalue weighted by Gasteiger charge is 2.68. The number of carboxylic acid groups (broad SMARTS) is 1. The largest absolute Gasteiger partial charge is 0.480 e.